The second-order valence-electron chi connectivity index (χ2n) is 4.63. The molecule has 0 radical (unpaired) electrons. The van der Waals surface area contributed by atoms with Gasteiger partial charge in [-0.15, -0.1) is 0 Å². The summed E-state index contributed by atoms with van der Waals surface area (Å²) in [6.45, 7) is 4.68. The van der Waals surface area contributed by atoms with E-state index in [2.05, 4.69) is 11.8 Å². The molecule has 2 nitrogen and oxygen atoms in total. The number of rotatable bonds is 3. The van der Waals surface area contributed by atoms with Gasteiger partial charge in [0, 0.05) is 19.1 Å². The lowest BCUT2D eigenvalue weighted by Gasteiger charge is -2.27. The molecule has 0 amide bonds. The van der Waals surface area contributed by atoms with E-state index in [0.29, 0.717) is 5.92 Å². The largest absolute Gasteiger partial charge is 0.393 e. The van der Waals surface area contributed by atoms with Gasteiger partial charge in [-0.25, -0.2) is 0 Å². The molecule has 4 unspecified atom stereocenters. The van der Waals surface area contributed by atoms with Gasteiger partial charge in [0.15, 0.2) is 0 Å². The van der Waals surface area contributed by atoms with Crippen molar-refractivity contribution < 1.29 is 5.11 Å². The summed E-state index contributed by atoms with van der Waals surface area (Å²) in [5.41, 5.74) is 0. The smallest absolute Gasteiger partial charge is 0.0580 e. The summed E-state index contributed by atoms with van der Waals surface area (Å²) in [5, 5.41) is 9.78. The zero-order chi connectivity index (χ0) is 9.26. The van der Waals surface area contributed by atoms with Crippen molar-refractivity contribution in [3.05, 3.63) is 0 Å². The molecule has 1 aliphatic carbocycles. The molecule has 0 aromatic heterocycles. The van der Waals surface area contributed by atoms with E-state index in [1.807, 2.05) is 0 Å². The SMILES string of the molecule is CCC1CN1CC1CCCCC1O. The van der Waals surface area contributed by atoms with Gasteiger partial charge in [-0.2, -0.15) is 0 Å². The highest BCUT2D eigenvalue weighted by Gasteiger charge is 2.35. The van der Waals surface area contributed by atoms with Crippen molar-refractivity contribution in [1.29, 1.82) is 0 Å². The fourth-order valence-corrected chi connectivity index (χ4v) is 2.54. The summed E-state index contributed by atoms with van der Waals surface area (Å²) in [5.74, 6) is 0.574. The third-order valence-electron chi connectivity index (χ3n) is 3.64. The van der Waals surface area contributed by atoms with Gasteiger partial charge < -0.3 is 5.11 Å². The van der Waals surface area contributed by atoms with Crippen LogP contribution >= 0.6 is 0 Å². The maximum atomic E-state index is 9.78. The lowest BCUT2D eigenvalue weighted by molar-refractivity contribution is 0.0610. The first-order chi connectivity index (χ1) is 6.31. The fraction of sp³-hybridized carbons (Fsp3) is 1.00. The maximum Gasteiger partial charge on any atom is 0.0580 e. The lowest BCUT2D eigenvalue weighted by Crippen LogP contribution is -2.30. The second-order valence-corrected chi connectivity index (χ2v) is 4.63. The number of aliphatic hydroxyl groups excluding tert-OH is 1. The Kier molecular flexibility index (Phi) is 2.89. The highest BCUT2D eigenvalue weighted by molar-refractivity contribution is 4.91. The molecule has 4 atom stereocenters. The number of aliphatic hydroxyl groups is 1. The molecule has 1 N–H and O–H groups in total. The minimum Gasteiger partial charge on any atom is -0.393 e. The fourth-order valence-electron chi connectivity index (χ4n) is 2.54. The minimum absolute atomic E-state index is 0.00754. The van der Waals surface area contributed by atoms with Crippen molar-refractivity contribution in [2.24, 2.45) is 5.92 Å². The summed E-state index contributed by atoms with van der Waals surface area (Å²) in [4.78, 5) is 2.51. The first kappa shape index (κ1) is 9.47. The van der Waals surface area contributed by atoms with Crippen LogP contribution in [0.25, 0.3) is 0 Å². The maximum absolute atomic E-state index is 9.78. The third kappa shape index (κ3) is 2.23. The molecule has 2 heteroatoms. The molecule has 13 heavy (non-hydrogen) atoms. The summed E-state index contributed by atoms with van der Waals surface area (Å²) in [7, 11) is 0. The molecule has 2 rings (SSSR count). The molecule has 1 heterocycles. The Hall–Kier alpha value is -0.0800. The van der Waals surface area contributed by atoms with E-state index in [-0.39, 0.29) is 6.10 Å². The van der Waals surface area contributed by atoms with E-state index in [1.54, 1.807) is 0 Å². The van der Waals surface area contributed by atoms with Crippen LogP contribution in [0.1, 0.15) is 39.0 Å². The first-order valence-corrected chi connectivity index (χ1v) is 5.73. The van der Waals surface area contributed by atoms with Gasteiger partial charge in [0.1, 0.15) is 0 Å². The first-order valence-electron chi connectivity index (χ1n) is 5.73. The summed E-state index contributed by atoms with van der Waals surface area (Å²) in [6, 6.07) is 0.842. The molecule has 1 saturated heterocycles. The van der Waals surface area contributed by atoms with Crippen LogP contribution in [0.4, 0.5) is 0 Å². The van der Waals surface area contributed by atoms with Gasteiger partial charge in [-0.3, -0.25) is 4.90 Å². The predicted molar refractivity (Wildman–Crippen MR) is 53.6 cm³/mol. The molecule has 2 fully saturated rings. The van der Waals surface area contributed by atoms with Crippen molar-refractivity contribution in [3.8, 4) is 0 Å². The summed E-state index contributed by atoms with van der Waals surface area (Å²) >= 11 is 0. The Labute approximate surface area is 80.9 Å². The average molecular weight is 183 g/mol. The Morgan fingerprint density at radius 3 is 2.69 bits per heavy atom. The van der Waals surface area contributed by atoms with E-state index in [9.17, 15) is 5.11 Å². The third-order valence-corrected chi connectivity index (χ3v) is 3.64. The van der Waals surface area contributed by atoms with Crippen LogP contribution in [0.2, 0.25) is 0 Å². The van der Waals surface area contributed by atoms with Gasteiger partial charge in [0.05, 0.1) is 6.10 Å². The highest BCUT2D eigenvalue weighted by atomic mass is 16.3. The van der Waals surface area contributed by atoms with E-state index in [1.165, 1.54) is 32.2 Å². The van der Waals surface area contributed by atoms with Crippen molar-refractivity contribution in [2.75, 3.05) is 13.1 Å². The van der Waals surface area contributed by atoms with Crippen molar-refractivity contribution >= 4 is 0 Å². The summed E-state index contributed by atoms with van der Waals surface area (Å²) < 4.78 is 0. The number of hydrogen-bond donors (Lipinski definition) is 1. The molecule has 0 spiro atoms. The van der Waals surface area contributed by atoms with Crippen molar-refractivity contribution in [1.82, 2.24) is 4.90 Å². The lowest BCUT2D eigenvalue weighted by atomic mass is 9.86. The Morgan fingerprint density at radius 2 is 2.08 bits per heavy atom. The van der Waals surface area contributed by atoms with Crippen molar-refractivity contribution in [2.45, 2.75) is 51.2 Å². The standard InChI is InChI=1S/C11H21NO/c1-2-10-8-12(10)7-9-5-3-4-6-11(9)13/h9-11,13H,2-8H2,1H3. The Morgan fingerprint density at radius 1 is 1.31 bits per heavy atom. The van der Waals surface area contributed by atoms with Gasteiger partial charge in [-0.05, 0) is 25.2 Å². The molecular formula is C11H21NO. The van der Waals surface area contributed by atoms with Gasteiger partial charge >= 0.3 is 0 Å². The van der Waals surface area contributed by atoms with E-state index < -0.39 is 0 Å². The minimum atomic E-state index is -0.00754. The van der Waals surface area contributed by atoms with Crippen LogP contribution < -0.4 is 0 Å². The van der Waals surface area contributed by atoms with Crippen LogP contribution in [0.15, 0.2) is 0 Å². The molecule has 0 bridgehead atoms. The zero-order valence-electron chi connectivity index (χ0n) is 8.58. The Balaban J connectivity index is 1.74. The Bertz CT molecular complexity index is 171. The van der Waals surface area contributed by atoms with E-state index in [4.69, 9.17) is 0 Å². The molecule has 1 aliphatic heterocycles. The molecule has 1 saturated carbocycles. The monoisotopic (exact) mass is 183 g/mol. The van der Waals surface area contributed by atoms with Crippen LogP contribution in [0.5, 0.6) is 0 Å². The van der Waals surface area contributed by atoms with Crippen LogP contribution in [-0.2, 0) is 0 Å². The van der Waals surface area contributed by atoms with Crippen LogP contribution in [0, 0.1) is 5.92 Å². The predicted octanol–water partition coefficient (Wildman–Crippen LogP) is 1.63. The number of hydrogen-bond acceptors (Lipinski definition) is 2. The molecular weight excluding hydrogens is 162 g/mol. The average Bonchev–Trinajstić information content (AvgIpc) is 2.88. The van der Waals surface area contributed by atoms with Gasteiger partial charge in [0.2, 0.25) is 0 Å². The topological polar surface area (TPSA) is 23.2 Å². The second kappa shape index (κ2) is 3.97. The van der Waals surface area contributed by atoms with Crippen molar-refractivity contribution in [3.63, 3.8) is 0 Å². The van der Waals surface area contributed by atoms with Crippen LogP contribution in [-0.4, -0.2) is 35.2 Å². The molecule has 2 aliphatic rings. The summed E-state index contributed by atoms with van der Waals surface area (Å²) in [6.07, 6.45) is 6.11. The number of nitrogens with zero attached hydrogens (tertiary/aromatic N) is 1. The molecule has 76 valence electrons. The zero-order valence-corrected chi connectivity index (χ0v) is 8.58. The highest BCUT2D eigenvalue weighted by Crippen LogP contribution is 2.29. The molecule has 0 aromatic carbocycles. The van der Waals surface area contributed by atoms with E-state index in [0.717, 1.165) is 19.0 Å². The molecule has 0 aromatic rings. The van der Waals surface area contributed by atoms with Gasteiger partial charge in [-0.1, -0.05) is 19.8 Å². The normalized spacial score (nSPS) is 44.8. The van der Waals surface area contributed by atoms with Gasteiger partial charge in [0.25, 0.3) is 0 Å². The van der Waals surface area contributed by atoms with E-state index >= 15 is 0 Å². The quantitative estimate of drug-likeness (QED) is 0.672. The van der Waals surface area contributed by atoms with Crippen LogP contribution in [0.3, 0.4) is 0 Å².